The van der Waals surface area contributed by atoms with Crippen LogP contribution in [0.4, 0.5) is 18.9 Å². The molecule has 0 saturated carbocycles. The third kappa shape index (κ3) is 5.57. The number of rotatable bonds is 4. The van der Waals surface area contributed by atoms with Gasteiger partial charge in [-0.15, -0.1) is 0 Å². The Hall–Kier alpha value is -1.35. The first kappa shape index (κ1) is 20.0. The summed E-state index contributed by atoms with van der Waals surface area (Å²) < 4.78 is 49.2. The molecule has 0 spiro atoms. The minimum atomic E-state index is -4.61. The molecule has 2 N–H and O–H groups in total. The molecule has 0 amide bonds. The van der Waals surface area contributed by atoms with Crippen LogP contribution in [-0.4, -0.2) is 27.0 Å². The number of nitrogens with two attached hydrogens (primary N) is 1. The summed E-state index contributed by atoms with van der Waals surface area (Å²) in [6, 6.07) is 5.33. The molecule has 4 nitrogen and oxygen atoms in total. The van der Waals surface area contributed by atoms with Crippen LogP contribution in [0.3, 0.4) is 0 Å². The van der Waals surface area contributed by atoms with Gasteiger partial charge in [-0.1, -0.05) is 34.8 Å². The predicted octanol–water partition coefficient (Wildman–Crippen LogP) is 4.75. The van der Waals surface area contributed by atoms with Crippen molar-refractivity contribution in [1.82, 2.24) is 4.98 Å². The van der Waals surface area contributed by atoms with Gasteiger partial charge in [-0.05, 0) is 24.3 Å². The van der Waals surface area contributed by atoms with Crippen molar-refractivity contribution < 1.29 is 17.4 Å². The van der Waals surface area contributed by atoms with Crippen LogP contribution >= 0.6 is 34.8 Å². The van der Waals surface area contributed by atoms with Crippen LogP contribution in [0.2, 0.25) is 15.2 Å². The fraction of sp³-hybridized carbons (Fsp3) is 0.143. The standard InChI is InChI=1S/C14H9Cl3F3N3OS/c15-8-3-9(16)11(25(24)6-14(18,19)20)4-10(8)23-13(21)7-1-2-12(17)22-5-7/h1-5H,6H2,(H2,21,23). The molecule has 2 aromatic rings. The van der Waals surface area contributed by atoms with Crippen molar-refractivity contribution in [1.29, 1.82) is 0 Å². The second-order valence-electron chi connectivity index (χ2n) is 4.71. The zero-order chi connectivity index (χ0) is 18.8. The van der Waals surface area contributed by atoms with Gasteiger partial charge < -0.3 is 5.73 Å². The maximum atomic E-state index is 12.4. The second kappa shape index (κ2) is 7.90. The highest BCUT2D eigenvalue weighted by Crippen LogP contribution is 2.34. The van der Waals surface area contributed by atoms with Crippen molar-refractivity contribution in [3.05, 3.63) is 51.2 Å². The van der Waals surface area contributed by atoms with Gasteiger partial charge in [0.25, 0.3) is 0 Å². The van der Waals surface area contributed by atoms with Gasteiger partial charge in [0.2, 0.25) is 0 Å². The molecule has 0 aliphatic rings. The number of benzene rings is 1. The SMILES string of the molecule is NC(=Nc1cc(S(=O)CC(F)(F)F)c(Cl)cc1Cl)c1ccc(Cl)nc1. The monoisotopic (exact) mass is 429 g/mol. The summed E-state index contributed by atoms with van der Waals surface area (Å²) in [6.45, 7) is 0. The molecule has 0 aliphatic carbocycles. The number of halogens is 6. The van der Waals surface area contributed by atoms with Crippen molar-refractivity contribution in [2.45, 2.75) is 11.1 Å². The first-order chi connectivity index (χ1) is 11.6. The lowest BCUT2D eigenvalue weighted by Gasteiger charge is -2.10. The van der Waals surface area contributed by atoms with Crippen LogP contribution in [0, 0.1) is 0 Å². The predicted molar refractivity (Wildman–Crippen MR) is 93.4 cm³/mol. The van der Waals surface area contributed by atoms with Crippen LogP contribution in [0.1, 0.15) is 5.56 Å². The van der Waals surface area contributed by atoms with Crippen molar-refractivity contribution in [2.75, 3.05) is 5.75 Å². The highest BCUT2D eigenvalue weighted by atomic mass is 35.5. The van der Waals surface area contributed by atoms with E-state index < -0.39 is 22.7 Å². The van der Waals surface area contributed by atoms with Crippen molar-refractivity contribution in [3.63, 3.8) is 0 Å². The van der Waals surface area contributed by atoms with Gasteiger partial charge in [-0.3, -0.25) is 4.21 Å². The second-order valence-corrected chi connectivity index (χ2v) is 7.33. The zero-order valence-electron chi connectivity index (χ0n) is 12.1. The first-order valence-electron chi connectivity index (χ1n) is 6.47. The Bertz CT molecular complexity index is 842. The number of amidine groups is 1. The van der Waals surface area contributed by atoms with E-state index in [-0.39, 0.29) is 31.6 Å². The Morgan fingerprint density at radius 1 is 1.20 bits per heavy atom. The van der Waals surface area contributed by atoms with Crippen LogP contribution < -0.4 is 5.73 Å². The number of pyridine rings is 1. The average molecular weight is 431 g/mol. The van der Waals surface area contributed by atoms with Gasteiger partial charge in [-0.25, -0.2) is 9.98 Å². The number of nitrogens with zero attached hydrogens (tertiary/aromatic N) is 2. The highest BCUT2D eigenvalue weighted by molar-refractivity contribution is 7.85. The molecular formula is C14H9Cl3F3N3OS. The molecule has 134 valence electrons. The maximum absolute atomic E-state index is 12.4. The highest BCUT2D eigenvalue weighted by Gasteiger charge is 2.32. The number of hydrogen-bond acceptors (Lipinski definition) is 3. The number of aromatic nitrogens is 1. The van der Waals surface area contributed by atoms with Crippen molar-refractivity contribution in [3.8, 4) is 0 Å². The summed E-state index contributed by atoms with van der Waals surface area (Å²) in [4.78, 5) is 7.65. The summed E-state index contributed by atoms with van der Waals surface area (Å²) in [5, 5.41) is 0.145. The van der Waals surface area contributed by atoms with Gasteiger partial charge >= 0.3 is 6.18 Å². The normalized spacial score (nSPS) is 13.8. The van der Waals surface area contributed by atoms with E-state index in [0.29, 0.717) is 5.56 Å². The molecule has 1 heterocycles. The average Bonchev–Trinajstić information content (AvgIpc) is 2.48. The van der Waals surface area contributed by atoms with Gasteiger partial charge in [0.05, 0.1) is 31.4 Å². The maximum Gasteiger partial charge on any atom is 0.400 e. The topological polar surface area (TPSA) is 68.3 Å². The molecule has 0 radical (unpaired) electrons. The van der Waals surface area contributed by atoms with E-state index in [2.05, 4.69) is 9.98 Å². The van der Waals surface area contributed by atoms with Gasteiger partial charge in [0, 0.05) is 11.8 Å². The number of alkyl halides is 3. The molecule has 11 heteroatoms. The van der Waals surface area contributed by atoms with Crippen molar-refractivity contribution in [2.24, 2.45) is 10.7 Å². The molecule has 1 aromatic heterocycles. The molecule has 0 fully saturated rings. The van der Waals surface area contributed by atoms with E-state index in [1.165, 1.54) is 18.3 Å². The fourth-order valence-electron chi connectivity index (χ4n) is 1.73. The van der Waals surface area contributed by atoms with Crippen LogP contribution in [0.5, 0.6) is 0 Å². The van der Waals surface area contributed by atoms with Crippen molar-refractivity contribution >= 4 is 57.1 Å². The Balaban J connectivity index is 2.41. The summed E-state index contributed by atoms with van der Waals surface area (Å²) in [5.41, 5.74) is 6.29. The quantitative estimate of drug-likeness (QED) is 0.432. The molecule has 1 atom stereocenters. The van der Waals surface area contributed by atoms with E-state index in [9.17, 15) is 17.4 Å². The molecule has 1 aromatic carbocycles. The largest absolute Gasteiger partial charge is 0.400 e. The zero-order valence-corrected chi connectivity index (χ0v) is 15.2. The lowest BCUT2D eigenvalue weighted by Crippen LogP contribution is -2.18. The van der Waals surface area contributed by atoms with E-state index in [1.54, 1.807) is 6.07 Å². The number of aliphatic imine (C=N–C) groups is 1. The molecule has 0 aliphatic heterocycles. The summed E-state index contributed by atoms with van der Waals surface area (Å²) in [5.74, 6) is -1.53. The minimum absolute atomic E-state index is 0.000873. The van der Waals surface area contributed by atoms with Crippen LogP contribution in [-0.2, 0) is 10.8 Å². The Labute approximate surface area is 158 Å². The lowest BCUT2D eigenvalue weighted by molar-refractivity contribution is -0.105. The van der Waals surface area contributed by atoms with Gasteiger partial charge in [0.1, 0.15) is 16.7 Å². The summed E-state index contributed by atoms with van der Waals surface area (Å²) in [6.07, 6.45) is -3.24. The van der Waals surface area contributed by atoms with E-state index in [1.807, 2.05) is 0 Å². The van der Waals surface area contributed by atoms with E-state index in [4.69, 9.17) is 40.5 Å². The molecular weight excluding hydrogens is 422 g/mol. The minimum Gasteiger partial charge on any atom is -0.383 e. The third-order valence-electron chi connectivity index (χ3n) is 2.81. The molecule has 0 saturated heterocycles. The Kier molecular flexibility index (Phi) is 6.31. The first-order valence-corrected chi connectivity index (χ1v) is 8.92. The van der Waals surface area contributed by atoms with E-state index >= 15 is 0 Å². The molecule has 2 rings (SSSR count). The summed E-state index contributed by atoms with van der Waals surface area (Å²) in [7, 11) is -2.40. The van der Waals surface area contributed by atoms with Gasteiger partial charge in [-0.2, -0.15) is 13.2 Å². The molecule has 0 bridgehead atoms. The number of hydrogen-bond donors (Lipinski definition) is 1. The summed E-state index contributed by atoms with van der Waals surface area (Å²) >= 11 is 17.5. The van der Waals surface area contributed by atoms with Gasteiger partial charge in [0.15, 0.2) is 0 Å². The lowest BCUT2D eigenvalue weighted by atomic mass is 10.2. The fourth-order valence-corrected chi connectivity index (χ4v) is 3.49. The third-order valence-corrected chi connectivity index (χ3v) is 5.17. The van der Waals surface area contributed by atoms with Crippen LogP contribution in [0.15, 0.2) is 40.4 Å². The van der Waals surface area contributed by atoms with E-state index in [0.717, 1.165) is 6.07 Å². The van der Waals surface area contributed by atoms with Crippen LogP contribution in [0.25, 0.3) is 0 Å². The smallest absolute Gasteiger partial charge is 0.383 e. The molecule has 25 heavy (non-hydrogen) atoms. The Morgan fingerprint density at radius 2 is 1.88 bits per heavy atom. The Morgan fingerprint density at radius 3 is 2.44 bits per heavy atom. The molecule has 1 unspecified atom stereocenters.